The minimum Gasteiger partial charge on any atom is -0.504 e. The lowest BCUT2D eigenvalue weighted by molar-refractivity contribution is -0.123. The fraction of sp³-hybridized carbons (Fsp3) is 0.333. The van der Waals surface area contributed by atoms with Crippen molar-refractivity contribution in [3.8, 4) is 34.3 Å². The fourth-order valence-corrected chi connectivity index (χ4v) is 5.70. The van der Waals surface area contributed by atoms with Crippen LogP contribution in [0.1, 0.15) is 52.9 Å². The number of nitrogens with zero attached hydrogens (tertiary/aromatic N) is 2. The van der Waals surface area contributed by atoms with Crippen molar-refractivity contribution >= 4 is 22.7 Å². The van der Waals surface area contributed by atoms with E-state index in [2.05, 4.69) is 10.3 Å². The highest BCUT2D eigenvalue weighted by Crippen LogP contribution is 2.49. The summed E-state index contributed by atoms with van der Waals surface area (Å²) in [5.74, 6) is -1.23. The molecule has 0 spiro atoms. The van der Waals surface area contributed by atoms with Crippen LogP contribution >= 0.6 is 0 Å². The number of carbonyl (C=O) groups excluding carboxylic acids is 2. The second-order valence-electron chi connectivity index (χ2n) is 11.9. The molecule has 2 aromatic heterocycles. The first-order chi connectivity index (χ1) is 21.4. The van der Waals surface area contributed by atoms with Gasteiger partial charge in [-0.3, -0.25) is 14.6 Å². The minimum absolute atomic E-state index is 0.0109. The minimum atomic E-state index is -2.70. The van der Waals surface area contributed by atoms with Gasteiger partial charge in [0, 0.05) is 46.4 Å². The van der Waals surface area contributed by atoms with E-state index in [4.69, 9.17) is 20.2 Å². The maximum absolute atomic E-state index is 13.5. The van der Waals surface area contributed by atoms with Gasteiger partial charge in [0.15, 0.2) is 11.5 Å². The molecule has 0 bridgehead atoms. The number of carbonyl (C=O) groups is 2. The summed E-state index contributed by atoms with van der Waals surface area (Å²) in [6, 6.07) is 10.9. The zero-order chi connectivity index (χ0) is 32.0. The highest BCUT2D eigenvalue weighted by atomic mass is 19.3. The molecule has 5 N–H and O–H groups in total. The van der Waals surface area contributed by atoms with E-state index in [1.807, 2.05) is 6.92 Å². The molecule has 4 aromatic rings. The molecule has 1 aliphatic heterocycles. The largest absolute Gasteiger partial charge is 0.504 e. The summed E-state index contributed by atoms with van der Waals surface area (Å²) >= 11 is 0. The number of fused-ring (bicyclic) bond motifs is 2. The molecule has 2 aromatic carbocycles. The summed E-state index contributed by atoms with van der Waals surface area (Å²) in [4.78, 5) is 35.3. The number of aromatic nitrogens is 2. The molecule has 3 heterocycles. The van der Waals surface area contributed by atoms with Crippen LogP contribution in [0.4, 0.5) is 8.78 Å². The molecular formula is C33H32F2N4O6. The highest BCUT2D eigenvalue weighted by molar-refractivity contribution is 6.00. The van der Waals surface area contributed by atoms with Gasteiger partial charge in [-0.15, -0.1) is 0 Å². The van der Waals surface area contributed by atoms with Crippen molar-refractivity contribution in [1.29, 1.82) is 0 Å². The lowest BCUT2D eigenvalue weighted by atomic mass is 9.82. The number of rotatable bonds is 10. The number of primary amides is 1. The molecule has 0 unspecified atom stereocenters. The summed E-state index contributed by atoms with van der Waals surface area (Å²) in [6.07, 6.45) is 0.720. The van der Waals surface area contributed by atoms with Gasteiger partial charge in [-0.2, -0.15) is 0 Å². The summed E-state index contributed by atoms with van der Waals surface area (Å²) in [5.41, 5.74) is 8.12. The van der Waals surface area contributed by atoms with Crippen molar-refractivity contribution < 1.29 is 38.1 Å². The van der Waals surface area contributed by atoms with Crippen molar-refractivity contribution in [2.45, 2.75) is 44.4 Å². The summed E-state index contributed by atoms with van der Waals surface area (Å²) in [6.45, 7) is 2.90. The molecule has 0 radical (unpaired) electrons. The van der Waals surface area contributed by atoms with Gasteiger partial charge in [-0.25, -0.2) is 13.8 Å². The number of halogens is 2. The fourth-order valence-electron chi connectivity index (χ4n) is 5.70. The number of amides is 2. The van der Waals surface area contributed by atoms with Crippen molar-refractivity contribution in [2.24, 2.45) is 11.7 Å². The molecule has 0 saturated heterocycles. The highest BCUT2D eigenvalue weighted by Gasteiger charge is 2.45. The van der Waals surface area contributed by atoms with Crippen molar-refractivity contribution in [3.63, 3.8) is 0 Å². The topological polar surface area (TPSA) is 157 Å². The van der Waals surface area contributed by atoms with Gasteiger partial charge in [-0.05, 0) is 80.6 Å². The summed E-state index contributed by atoms with van der Waals surface area (Å²) in [5, 5.41) is 23.6. The molecule has 2 amide bonds. The molecular weight excluding hydrogens is 586 g/mol. The average Bonchev–Trinajstić information content (AvgIpc) is 3.78. The van der Waals surface area contributed by atoms with Crippen LogP contribution in [-0.2, 0) is 10.2 Å². The van der Waals surface area contributed by atoms with Crippen molar-refractivity contribution in [3.05, 3.63) is 71.0 Å². The van der Waals surface area contributed by atoms with Crippen LogP contribution in [0.15, 0.2) is 48.7 Å². The van der Waals surface area contributed by atoms with Gasteiger partial charge in [0.25, 0.3) is 12.3 Å². The van der Waals surface area contributed by atoms with Gasteiger partial charge in [-0.1, -0.05) is 0 Å². The van der Waals surface area contributed by atoms with E-state index in [1.54, 1.807) is 37.4 Å². The number of phenolic OH excluding ortho intramolecular Hbond substituents is 2. The maximum atomic E-state index is 13.5. The Kier molecular flexibility index (Phi) is 7.67. The second-order valence-corrected chi connectivity index (χ2v) is 11.9. The number of ether oxygens (including phenoxy) is 2. The number of pyridine rings is 2. The molecule has 1 fully saturated rings. The molecule has 2 aliphatic rings. The van der Waals surface area contributed by atoms with Crippen LogP contribution in [0.25, 0.3) is 22.2 Å². The zero-order valence-electron chi connectivity index (χ0n) is 24.6. The normalized spacial score (nSPS) is 18.0. The molecule has 12 heteroatoms. The number of aromatic hydroxyl groups is 2. The Labute approximate surface area is 257 Å². The first-order valence-electron chi connectivity index (χ1n) is 14.5. The van der Waals surface area contributed by atoms with E-state index in [0.29, 0.717) is 39.2 Å². The Hall–Kier alpha value is -5.00. The van der Waals surface area contributed by atoms with E-state index in [9.17, 15) is 28.6 Å². The lowest BCUT2D eigenvalue weighted by Crippen LogP contribution is -2.40. The van der Waals surface area contributed by atoms with Crippen LogP contribution in [0, 0.1) is 12.8 Å². The summed E-state index contributed by atoms with van der Waals surface area (Å²) < 4.78 is 37.2. The Morgan fingerprint density at radius 1 is 1.16 bits per heavy atom. The Morgan fingerprint density at radius 2 is 1.93 bits per heavy atom. The number of alkyl halides is 2. The van der Waals surface area contributed by atoms with Gasteiger partial charge >= 0.3 is 0 Å². The SMILES string of the molecule is Cc1cnc2c(OCC(F)F)cc(C(=O)NC[C@H](c3cc4c(c(-c5ccc(O)c(O)c5)n3)OC[C@]4(C)C(N)=O)C3CC3)cc2c1. The molecule has 1 saturated carbocycles. The number of hydrogen-bond acceptors (Lipinski definition) is 8. The number of hydrogen-bond donors (Lipinski definition) is 4. The lowest BCUT2D eigenvalue weighted by Gasteiger charge is -2.22. The molecule has 234 valence electrons. The quantitative estimate of drug-likeness (QED) is 0.186. The number of phenols is 2. The zero-order valence-corrected chi connectivity index (χ0v) is 24.6. The maximum Gasteiger partial charge on any atom is 0.272 e. The van der Waals surface area contributed by atoms with Crippen LogP contribution in [0.3, 0.4) is 0 Å². The average molecular weight is 619 g/mol. The third kappa shape index (κ3) is 5.79. The summed E-state index contributed by atoms with van der Waals surface area (Å²) in [7, 11) is 0. The molecule has 10 nitrogen and oxygen atoms in total. The number of aryl methyl sites for hydroxylation is 1. The van der Waals surface area contributed by atoms with Gasteiger partial charge in [0.2, 0.25) is 5.91 Å². The van der Waals surface area contributed by atoms with Crippen molar-refractivity contribution in [1.82, 2.24) is 15.3 Å². The van der Waals surface area contributed by atoms with E-state index < -0.39 is 30.3 Å². The van der Waals surface area contributed by atoms with Crippen LogP contribution in [0.2, 0.25) is 0 Å². The Bertz CT molecular complexity index is 1830. The monoisotopic (exact) mass is 618 g/mol. The molecule has 45 heavy (non-hydrogen) atoms. The number of nitrogens with one attached hydrogen (secondary N) is 1. The van der Waals surface area contributed by atoms with E-state index in [1.165, 1.54) is 18.2 Å². The van der Waals surface area contributed by atoms with E-state index in [-0.39, 0.29) is 47.8 Å². The molecule has 6 rings (SSSR count). The number of nitrogens with two attached hydrogens (primary N) is 1. The van der Waals surface area contributed by atoms with Crippen molar-refractivity contribution in [2.75, 3.05) is 19.8 Å². The smallest absolute Gasteiger partial charge is 0.272 e. The predicted octanol–water partition coefficient (Wildman–Crippen LogP) is 4.72. The van der Waals surface area contributed by atoms with Gasteiger partial charge in [0.1, 0.15) is 41.3 Å². The standard InChI is InChI=1S/C33H32F2N4O6/c1-16-7-19-8-20(10-26(28(19)37-12-16)44-14-27(34)35)31(42)38-13-21(17-3-4-17)23-11-22-30(45-15-33(22,2)32(36)43)29(39-23)18-5-6-24(40)25(41)9-18/h5-12,17,21,27,40-41H,3-4,13-15H2,1-2H3,(H2,36,43)(H,38,42)/t21-,33-/m0/s1. The molecule has 1 aliphatic carbocycles. The third-order valence-electron chi connectivity index (χ3n) is 8.45. The Morgan fingerprint density at radius 3 is 2.62 bits per heavy atom. The van der Waals surface area contributed by atoms with Crippen LogP contribution in [-0.4, -0.2) is 58.2 Å². The van der Waals surface area contributed by atoms with E-state index in [0.717, 1.165) is 18.4 Å². The van der Waals surface area contributed by atoms with Crippen LogP contribution in [0.5, 0.6) is 23.0 Å². The first-order valence-corrected chi connectivity index (χ1v) is 14.5. The molecule has 2 atom stereocenters. The predicted molar refractivity (Wildman–Crippen MR) is 161 cm³/mol. The number of benzene rings is 2. The third-order valence-corrected chi connectivity index (χ3v) is 8.45. The first kappa shape index (κ1) is 30.0. The van der Waals surface area contributed by atoms with Gasteiger partial charge < -0.3 is 30.7 Å². The van der Waals surface area contributed by atoms with E-state index >= 15 is 0 Å². The Balaban J connectivity index is 1.35. The van der Waals surface area contributed by atoms with Gasteiger partial charge in [0.05, 0.1) is 0 Å². The van der Waals surface area contributed by atoms with Crippen LogP contribution < -0.4 is 20.5 Å². The second kappa shape index (κ2) is 11.5.